The van der Waals surface area contributed by atoms with Crippen LogP contribution >= 0.6 is 0 Å². The van der Waals surface area contributed by atoms with Crippen molar-refractivity contribution < 1.29 is 8.42 Å². The normalized spacial score (nSPS) is 13.5. The van der Waals surface area contributed by atoms with Gasteiger partial charge >= 0.3 is 0 Å². The van der Waals surface area contributed by atoms with E-state index in [4.69, 9.17) is 0 Å². The molecule has 18 heavy (non-hydrogen) atoms. The second-order valence-electron chi connectivity index (χ2n) is 4.36. The van der Waals surface area contributed by atoms with E-state index < -0.39 is 10.0 Å². The number of nitrogens with one attached hydrogen (secondary N) is 2. The number of benzene rings is 1. The Kier molecular flexibility index (Phi) is 5.78. The molecule has 0 saturated heterocycles. The van der Waals surface area contributed by atoms with Gasteiger partial charge in [-0.1, -0.05) is 26.0 Å². The van der Waals surface area contributed by atoms with E-state index in [-0.39, 0.29) is 6.04 Å². The molecule has 1 aromatic rings. The van der Waals surface area contributed by atoms with Crippen molar-refractivity contribution in [2.75, 3.05) is 6.54 Å². The summed E-state index contributed by atoms with van der Waals surface area (Å²) in [5.41, 5.74) is 0.976. The maximum absolute atomic E-state index is 12.1. The zero-order valence-corrected chi connectivity index (χ0v) is 12.0. The summed E-state index contributed by atoms with van der Waals surface area (Å²) in [5.74, 6) is 0. The summed E-state index contributed by atoms with van der Waals surface area (Å²) in [6, 6.07) is 6.99. The molecule has 1 rings (SSSR count). The summed E-state index contributed by atoms with van der Waals surface area (Å²) >= 11 is 0. The van der Waals surface area contributed by atoms with Crippen molar-refractivity contribution in [1.29, 1.82) is 0 Å². The first kappa shape index (κ1) is 15.1. The molecule has 1 atom stereocenters. The van der Waals surface area contributed by atoms with Gasteiger partial charge in [0.25, 0.3) is 0 Å². The molecule has 2 N–H and O–H groups in total. The fourth-order valence-corrected chi connectivity index (χ4v) is 2.90. The Morgan fingerprint density at radius 1 is 1.28 bits per heavy atom. The highest BCUT2D eigenvalue weighted by Gasteiger charge is 2.16. The van der Waals surface area contributed by atoms with Gasteiger partial charge in [0.1, 0.15) is 0 Å². The van der Waals surface area contributed by atoms with Gasteiger partial charge in [-0.05, 0) is 37.6 Å². The van der Waals surface area contributed by atoms with E-state index >= 15 is 0 Å². The van der Waals surface area contributed by atoms with Crippen molar-refractivity contribution in [3.05, 3.63) is 29.8 Å². The zero-order chi connectivity index (χ0) is 13.6. The Morgan fingerprint density at radius 2 is 2.00 bits per heavy atom. The molecule has 1 aromatic carbocycles. The molecule has 0 radical (unpaired) electrons. The van der Waals surface area contributed by atoms with E-state index in [1.807, 2.05) is 26.8 Å². The lowest BCUT2D eigenvalue weighted by molar-refractivity contribution is 0.555. The van der Waals surface area contributed by atoms with Crippen molar-refractivity contribution in [3.8, 4) is 0 Å². The molecule has 0 aromatic heterocycles. The lowest BCUT2D eigenvalue weighted by Gasteiger charge is -2.13. The van der Waals surface area contributed by atoms with Crippen LogP contribution < -0.4 is 10.0 Å². The lowest BCUT2D eigenvalue weighted by Crippen LogP contribution is -2.32. The van der Waals surface area contributed by atoms with Gasteiger partial charge in [0.15, 0.2) is 0 Å². The van der Waals surface area contributed by atoms with E-state index in [2.05, 4.69) is 10.0 Å². The van der Waals surface area contributed by atoms with Gasteiger partial charge in [0, 0.05) is 12.6 Å². The predicted molar refractivity (Wildman–Crippen MR) is 73.9 cm³/mol. The lowest BCUT2D eigenvalue weighted by atomic mass is 10.2. The smallest absolute Gasteiger partial charge is 0.240 e. The molecule has 0 aliphatic heterocycles. The molecule has 0 amide bonds. The zero-order valence-electron chi connectivity index (χ0n) is 11.2. The summed E-state index contributed by atoms with van der Waals surface area (Å²) < 4.78 is 26.8. The molecule has 0 aliphatic carbocycles. The molecule has 5 heteroatoms. The fraction of sp³-hybridized carbons (Fsp3) is 0.538. The standard InChI is InChI=1S/C13H22N2O2S/c1-4-11(3)15-18(16,17)13-8-6-7-12(9-13)10-14-5-2/h6-9,11,14-15H,4-5,10H2,1-3H3. The average molecular weight is 270 g/mol. The van der Waals surface area contributed by atoms with Gasteiger partial charge in [0.2, 0.25) is 10.0 Å². The van der Waals surface area contributed by atoms with Crippen LogP contribution in [0.2, 0.25) is 0 Å². The van der Waals surface area contributed by atoms with Gasteiger partial charge in [-0.25, -0.2) is 13.1 Å². The molecule has 0 heterocycles. The molecule has 0 bridgehead atoms. The Balaban J connectivity index is 2.88. The van der Waals surface area contributed by atoms with Crippen LogP contribution in [0.25, 0.3) is 0 Å². The minimum absolute atomic E-state index is 0.0487. The fourth-order valence-electron chi connectivity index (χ4n) is 1.51. The maximum atomic E-state index is 12.1. The van der Waals surface area contributed by atoms with Gasteiger partial charge in [0.05, 0.1) is 4.90 Å². The van der Waals surface area contributed by atoms with E-state index in [9.17, 15) is 8.42 Å². The minimum Gasteiger partial charge on any atom is -0.313 e. The Labute approximate surface area is 110 Å². The molecule has 102 valence electrons. The quantitative estimate of drug-likeness (QED) is 0.795. The van der Waals surface area contributed by atoms with Gasteiger partial charge in [-0.2, -0.15) is 0 Å². The van der Waals surface area contributed by atoms with Crippen LogP contribution in [0.4, 0.5) is 0 Å². The van der Waals surface area contributed by atoms with Crippen LogP contribution in [0.3, 0.4) is 0 Å². The molecule has 1 unspecified atom stereocenters. The summed E-state index contributed by atoms with van der Waals surface area (Å²) in [4.78, 5) is 0.332. The number of sulfonamides is 1. The highest BCUT2D eigenvalue weighted by Crippen LogP contribution is 2.12. The molecule has 0 saturated carbocycles. The topological polar surface area (TPSA) is 58.2 Å². The number of hydrogen-bond acceptors (Lipinski definition) is 3. The van der Waals surface area contributed by atoms with Gasteiger partial charge in [-0.15, -0.1) is 0 Å². The Hall–Kier alpha value is -0.910. The van der Waals surface area contributed by atoms with Crippen molar-refractivity contribution in [3.63, 3.8) is 0 Å². The second kappa shape index (κ2) is 6.87. The summed E-state index contributed by atoms with van der Waals surface area (Å²) in [6.45, 7) is 7.38. The Morgan fingerprint density at radius 3 is 2.61 bits per heavy atom. The minimum atomic E-state index is -3.40. The maximum Gasteiger partial charge on any atom is 0.240 e. The van der Waals surface area contributed by atoms with Crippen LogP contribution in [-0.2, 0) is 16.6 Å². The van der Waals surface area contributed by atoms with E-state index in [1.165, 1.54) is 0 Å². The summed E-state index contributed by atoms with van der Waals surface area (Å²) in [5, 5.41) is 3.18. The third-order valence-corrected chi connectivity index (χ3v) is 4.34. The molecule has 0 fully saturated rings. The first-order valence-corrected chi connectivity index (χ1v) is 7.80. The molecular formula is C13H22N2O2S. The summed E-state index contributed by atoms with van der Waals surface area (Å²) in [7, 11) is -3.40. The SMILES string of the molecule is CCNCc1cccc(S(=O)(=O)NC(C)CC)c1. The van der Waals surface area contributed by atoms with Crippen molar-refractivity contribution in [2.45, 2.75) is 44.7 Å². The largest absolute Gasteiger partial charge is 0.313 e. The second-order valence-corrected chi connectivity index (χ2v) is 6.07. The van der Waals surface area contributed by atoms with Crippen LogP contribution in [0.15, 0.2) is 29.2 Å². The first-order chi connectivity index (χ1) is 8.49. The van der Waals surface area contributed by atoms with Crippen molar-refractivity contribution in [2.24, 2.45) is 0 Å². The van der Waals surface area contributed by atoms with E-state index in [1.54, 1.807) is 18.2 Å². The third kappa shape index (κ3) is 4.40. The van der Waals surface area contributed by atoms with Crippen molar-refractivity contribution >= 4 is 10.0 Å². The van der Waals surface area contributed by atoms with Crippen LogP contribution in [-0.4, -0.2) is 21.0 Å². The monoisotopic (exact) mass is 270 g/mol. The van der Waals surface area contributed by atoms with Crippen LogP contribution in [0.5, 0.6) is 0 Å². The van der Waals surface area contributed by atoms with Crippen LogP contribution in [0.1, 0.15) is 32.8 Å². The van der Waals surface area contributed by atoms with Crippen LogP contribution in [0, 0.1) is 0 Å². The van der Waals surface area contributed by atoms with Gasteiger partial charge in [-0.3, -0.25) is 0 Å². The first-order valence-electron chi connectivity index (χ1n) is 6.31. The van der Waals surface area contributed by atoms with E-state index in [0.29, 0.717) is 11.4 Å². The van der Waals surface area contributed by atoms with E-state index in [0.717, 1.165) is 18.5 Å². The number of hydrogen-bond donors (Lipinski definition) is 2. The highest BCUT2D eigenvalue weighted by atomic mass is 32.2. The predicted octanol–water partition coefficient (Wildman–Crippen LogP) is 1.87. The highest BCUT2D eigenvalue weighted by molar-refractivity contribution is 7.89. The third-order valence-electron chi connectivity index (χ3n) is 2.76. The number of rotatable bonds is 7. The average Bonchev–Trinajstić information content (AvgIpc) is 2.36. The molecule has 0 spiro atoms. The molecular weight excluding hydrogens is 248 g/mol. The Bertz CT molecular complexity index is 472. The van der Waals surface area contributed by atoms with Crippen molar-refractivity contribution in [1.82, 2.24) is 10.0 Å². The van der Waals surface area contributed by atoms with Gasteiger partial charge < -0.3 is 5.32 Å². The molecule has 0 aliphatic rings. The summed E-state index contributed by atoms with van der Waals surface area (Å²) in [6.07, 6.45) is 0.774. The molecule has 4 nitrogen and oxygen atoms in total.